The van der Waals surface area contributed by atoms with Crippen molar-refractivity contribution in [1.29, 1.82) is 0 Å². The van der Waals surface area contributed by atoms with Gasteiger partial charge in [0.15, 0.2) is 18.7 Å². The van der Waals surface area contributed by atoms with E-state index in [4.69, 9.17) is 13.3 Å². The molecule has 0 N–H and O–H groups in total. The van der Waals surface area contributed by atoms with Crippen LogP contribution in [0, 0.1) is 0 Å². The van der Waals surface area contributed by atoms with Crippen molar-refractivity contribution < 1.29 is 13.3 Å². The summed E-state index contributed by atoms with van der Waals surface area (Å²) >= 11 is 5.10. The normalized spacial score (nSPS) is 8.78. The highest BCUT2D eigenvalue weighted by molar-refractivity contribution is 7.09. The minimum Gasteiger partial charge on any atom is -0.451 e. The van der Waals surface area contributed by atoms with Crippen molar-refractivity contribution in [3.8, 4) is 0 Å². The minimum absolute atomic E-state index is 0. The van der Waals surface area contributed by atoms with Crippen LogP contribution in [0.4, 0.5) is 0 Å². The highest BCUT2D eigenvalue weighted by atomic mass is 32.1. The van der Waals surface area contributed by atoms with Gasteiger partial charge in [0.05, 0.1) is 39.8 Å². The molecule has 13 nitrogen and oxygen atoms in total. The summed E-state index contributed by atoms with van der Waals surface area (Å²) in [5, 5.41) is 5.32. The summed E-state index contributed by atoms with van der Waals surface area (Å²) < 4.78 is 14.7. The topological polar surface area (TPSA) is 168 Å². The number of nitrogens with zero attached hydrogens (tertiary/aromatic N) is 10. The molecule has 0 bridgehead atoms. The average molecular weight is 1370 g/mol. The molecule has 0 aliphatic carbocycles. The number of thiazole rings is 3. The zero-order valence-electron chi connectivity index (χ0n) is 65.9. The molecule has 16 heteroatoms. The summed E-state index contributed by atoms with van der Waals surface area (Å²) in [6.07, 6.45) is 22.4. The van der Waals surface area contributed by atoms with E-state index in [9.17, 15) is 0 Å². The summed E-state index contributed by atoms with van der Waals surface area (Å²) in [4.78, 5) is 41.6. The molecule has 0 aliphatic rings. The molecule has 9 aromatic rings. The number of hydrogen-bond donors (Lipinski definition) is 0. The van der Waals surface area contributed by atoms with Gasteiger partial charge in [-0.3, -0.25) is 15.0 Å². The maximum Gasteiger partial charge on any atom is 0.196 e. The van der Waals surface area contributed by atoms with Crippen LogP contribution < -0.4 is 0 Å². The van der Waals surface area contributed by atoms with Crippen molar-refractivity contribution in [2.24, 2.45) is 0 Å². The Labute approximate surface area is 592 Å². The quantitative estimate of drug-likeness (QED) is 0.134. The van der Waals surface area contributed by atoms with Gasteiger partial charge in [-0.15, -0.1) is 34.0 Å². The molecule has 0 saturated heterocycles. The fourth-order valence-electron chi connectivity index (χ4n) is 5.12. The van der Waals surface area contributed by atoms with Crippen LogP contribution in [-0.4, -0.2) is 49.8 Å². The van der Waals surface area contributed by atoms with Gasteiger partial charge in [0, 0.05) is 88.4 Å². The van der Waals surface area contributed by atoms with Crippen LogP contribution in [0.2, 0.25) is 0 Å². The fraction of sp³-hybridized carbons (Fsp3) is 0.590. The van der Waals surface area contributed by atoms with Crippen LogP contribution in [0.1, 0.15) is 360 Å². The smallest absolute Gasteiger partial charge is 0.196 e. The van der Waals surface area contributed by atoms with Crippen LogP contribution in [0.15, 0.2) is 153 Å². The second kappa shape index (κ2) is 84.9. The molecular formula is C78H144N10O3S3. The summed E-state index contributed by atoms with van der Waals surface area (Å²) in [5.41, 5.74) is 8.43. The largest absolute Gasteiger partial charge is 0.451 e. The van der Waals surface area contributed by atoms with E-state index in [2.05, 4.69) is 172 Å². The summed E-state index contributed by atoms with van der Waals surface area (Å²) in [5.74, 6) is 7.42. The van der Waals surface area contributed by atoms with Gasteiger partial charge < -0.3 is 13.3 Å². The van der Waals surface area contributed by atoms with Crippen molar-refractivity contribution in [2.45, 2.75) is 310 Å². The van der Waals surface area contributed by atoms with Gasteiger partial charge in [-0.2, -0.15) is 0 Å². The van der Waals surface area contributed by atoms with Gasteiger partial charge in [0.1, 0.15) is 24.1 Å². The first-order valence-electron chi connectivity index (χ1n) is 34.6. The van der Waals surface area contributed by atoms with Crippen molar-refractivity contribution in [1.82, 2.24) is 49.8 Å². The van der Waals surface area contributed by atoms with Crippen LogP contribution >= 0.6 is 34.0 Å². The molecule has 0 radical (unpaired) electrons. The Bertz CT molecular complexity index is 2120. The molecule has 9 rings (SSSR count). The van der Waals surface area contributed by atoms with Crippen molar-refractivity contribution in [2.75, 3.05) is 0 Å². The molecule has 0 spiro atoms. The first-order chi connectivity index (χ1) is 44.7. The van der Waals surface area contributed by atoms with E-state index in [0.29, 0.717) is 53.3 Å². The standard InChI is InChI=1S/2C8H11N.C7H10N2.3C6H9NO.3C6H9NS.9C2H6.CH4/c1-7(2)8-4-3-5-9-6-8;1-7(2)8-5-3-4-6-9-8;1-6(2)7-8-4-3-5-9-7;1-5(2)6-3-8-4-7-6;1-5(2)6-3-7-4-8-6;1-5(2)6-7-3-4-8-6;1-5(2)6-3-8-4-7-6;1-5(2)6-3-7-4-8-6;1-5(2)6-7-3-4-8-6;9*1-2;/h2*3-7H,1-2H3;3-6H,1-2H3;6*3-5H,1-2H3;9*1-2H3;1H4. The van der Waals surface area contributed by atoms with Crippen molar-refractivity contribution in [3.05, 3.63) is 189 Å². The van der Waals surface area contributed by atoms with E-state index in [-0.39, 0.29) is 7.43 Å². The molecule has 9 heterocycles. The van der Waals surface area contributed by atoms with Gasteiger partial charge in [-0.1, -0.05) is 269 Å². The molecule has 94 heavy (non-hydrogen) atoms. The Kier molecular flexibility index (Phi) is 98.8. The van der Waals surface area contributed by atoms with E-state index in [0.717, 1.165) is 28.9 Å². The fourth-order valence-corrected chi connectivity index (χ4v) is 7.13. The van der Waals surface area contributed by atoms with E-state index in [1.807, 2.05) is 210 Å². The van der Waals surface area contributed by atoms with Crippen LogP contribution in [0.5, 0.6) is 0 Å². The van der Waals surface area contributed by atoms with Crippen molar-refractivity contribution >= 4 is 34.0 Å². The molecule has 0 saturated carbocycles. The number of oxazole rings is 3. The highest BCUT2D eigenvalue weighted by Gasteiger charge is 2.03. The number of hydrogen-bond acceptors (Lipinski definition) is 16. The van der Waals surface area contributed by atoms with E-state index in [1.54, 1.807) is 77.5 Å². The van der Waals surface area contributed by atoms with Gasteiger partial charge in [0.25, 0.3) is 0 Å². The summed E-state index contributed by atoms with van der Waals surface area (Å²) in [6, 6.07) is 11.9. The zero-order valence-corrected chi connectivity index (χ0v) is 68.3. The van der Waals surface area contributed by atoms with Gasteiger partial charge in [-0.05, 0) is 59.4 Å². The monoisotopic (exact) mass is 1370 g/mol. The lowest BCUT2D eigenvalue weighted by Gasteiger charge is -2.00. The average Bonchev–Trinajstić information content (AvgIpc) is 4.63. The molecule has 0 atom stereocenters. The predicted octanol–water partition coefficient (Wildman–Crippen LogP) is 28.1. The SMILES string of the molecule is C.CC.CC.CC.CC.CC.CC.CC.CC.CC.CC(C)c1ccccn1.CC(C)c1cccnc1.CC(C)c1cnco1.CC(C)c1cncs1.CC(C)c1cocn1.CC(C)c1cscn1.CC(C)c1ncccn1.CC(C)c1ncco1.CC(C)c1nccs1. The van der Waals surface area contributed by atoms with Gasteiger partial charge >= 0.3 is 0 Å². The maximum absolute atomic E-state index is 4.98. The third-order valence-electron chi connectivity index (χ3n) is 9.75. The Morgan fingerprint density at radius 2 is 0.915 bits per heavy atom. The second-order valence-corrected chi connectivity index (χ2v) is 22.0. The molecule has 0 fully saturated rings. The van der Waals surface area contributed by atoms with Crippen LogP contribution in [0.25, 0.3) is 0 Å². The van der Waals surface area contributed by atoms with E-state index >= 15 is 0 Å². The number of pyridine rings is 2. The Morgan fingerprint density at radius 1 is 0.362 bits per heavy atom. The molecule has 0 aliphatic heterocycles. The third-order valence-corrected chi connectivity index (χ3v) is 12.5. The van der Waals surface area contributed by atoms with Crippen LogP contribution in [-0.2, 0) is 0 Å². The predicted molar refractivity (Wildman–Crippen MR) is 422 cm³/mol. The minimum atomic E-state index is 0. The number of aromatic nitrogens is 10. The molecule has 542 valence electrons. The van der Waals surface area contributed by atoms with Gasteiger partial charge in [0.2, 0.25) is 0 Å². The maximum atomic E-state index is 4.98. The zero-order chi connectivity index (χ0) is 74.0. The highest BCUT2D eigenvalue weighted by Crippen LogP contribution is 2.18. The van der Waals surface area contributed by atoms with E-state index < -0.39 is 0 Å². The van der Waals surface area contributed by atoms with Crippen LogP contribution in [0.3, 0.4) is 0 Å². The Hall–Kier alpha value is -6.10. The molecule has 0 aromatic carbocycles. The lowest BCUT2D eigenvalue weighted by molar-refractivity contribution is 0.471. The number of rotatable bonds is 9. The lowest BCUT2D eigenvalue weighted by atomic mass is 10.1. The first-order valence-corrected chi connectivity index (χ1v) is 37.3. The summed E-state index contributed by atoms with van der Waals surface area (Å²) in [7, 11) is 0. The molecule has 0 amide bonds. The third kappa shape index (κ3) is 67.3. The first kappa shape index (κ1) is 109. The Balaban J connectivity index is -0.000000102. The Morgan fingerprint density at radius 3 is 1.14 bits per heavy atom. The molecule has 0 unspecified atom stereocenters. The van der Waals surface area contributed by atoms with E-state index in [1.165, 1.54) is 33.9 Å². The molecular weight excluding hydrogens is 1220 g/mol. The van der Waals surface area contributed by atoms with Crippen molar-refractivity contribution in [3.63, 3.8) is 0 Å². The second-order valence-electron chi connectivity index (χ2n) is 19.4. The lowest BCUT2D eigenvalue weighted by Crippen LogP contribution is -1.93. The summed E-state index contributed by atoms with van der Waals surface area (Å²) in [6.45, 7) is 74.1. The van der Waals surface area contributed by atoms with Gasteiger partial charge in [-0.25, -0.2) is 34.9 Å². The molecule has 9 aromatic heterocycles.